The number of ether oxygens (including phenoxy) is 1. The average Bonchev–Trinajstić information content (AvgIpc) is 3.20. The number of sulfonamides is 1. The second-order valence-corrected chi connectivity index (χ2v) is 10.4. The van der Waals surface area contributed by atoms with Crippen LogP contribution in [-0.2, 0) is 14.8 Å². The number of benzene rings is 1. The maximum Gasteiger partial charge on any atom is 0.410 e. The van der Waals surface area contributed by atoms with Gasteiger partial charge in [0.05, 0.1) is 10.9 Å². The summed E-state index contributed by atoms with van der Waals surface area (Å²) < 4.78 is 33.7. The van der Waals surface area contributed by atoms with Gasteiger partial charge in [-0.15, -0.1) is 0 Å². The van der Waals surface area contributed by atoms with Crippen LogP contribution in [-0.4, -0.2) is 60.0 Å². The molecule has 2 aliphatic heterocycles. The Hall–Kier alpha value is -2.19. The first-order chi connectivity index (χ1) is 13.2. The van der Waals surface area contributed by atoms with E-state index >= 15 is 0 Å². The van der Waals surface area contributed by atoms with Crippen LogP contribution in [0.15, 0.2) is 41.6 Å². The van der Waals surface area contributed by atoms with Gasteiger partial charge in [0.25, 0.3) is 0 Å². The van der Waals surface area contributed by atoms with E-state index in [1.165, 1.54) is 4.31 Å². The molecule has 0 radical (unpaired) electrons. The Bertz CT molecular complexity index is 1010. The second-order valence-electron chi connectivity index (χ2n) is 8.46. The van der Waals surface area contributed by atoms with Crippen LogP contribution in [0, 0.1) is 5.92 Å². The fourth-order valence-electron chi connectivity index (χ4n) is 4.12. The van der Waals surface area contributed by atoms with E-state index in [-0.39, 0.29) is 22.9 Å². The molecule has 2 saturated heterocycles. The lowest BCUT2D eigenvalue weighted by atomic mass is 10.1. The largest absolute Gasteiger partial charge is 0.444 e. The number of rotatable bonds is 2. The van der Waals surface area contributed by atoms with Gasteiger partial charge < -0.3 is 9.64 Å². The Labute approximate surface area is 165 Å². The summed E-state index contributed by atoms with van der Waals surface area (Å²) in [5.41, 5.74) is -0.573. The van der Waals surface area contributed by atoms with Crippen LogP contribution in [0.4, 0.5) is 4.79 Å². The van der Waals surface area contributed by atoms with E-state index in [4.69, 9.17) is 4.74 Å². The molecule has 1 aromatic carbocycles. The molecular formula is C20H25N3O4S. The Morgan fingerprint density at radius 3 is 2.75 bits per heavy atom. The molecule has 2 atom stereocenters. The predicted molar refractivity (Wildman–Crippen MR) is 105 cm³/mol. The Morgan fingerprint density at radius 1 is 1.21 bits per heavy atom. The first-order valence-corrected chi connectivity index (χ1v) is 10.9. The zero-order chi connectivity index (χ0) is 20.1. The molecule has 2 aliphatic rings. The van der Waals surface area contributed by atoms with Gasteiger partial charge >= 0.3 is 6.09 Å². The molecule has 2 aromatic rings. The van der Waals surface area contributed by atoms with E-state index < -0.39 is 15.6 Å². The van der Waals surface area contributed by atoms with Crippen molar-refractivity contribution in [3.63, 3.8) is 0 Å². The summed E-state index contributed by atoms with van der Waals surface area (Å²) in [6.45, 7) is 6.83. The van der Waals surface area contributed by atoms with Crippen molar-refractivity contribution in [2.24, 2.45) is 5.92 Å². The number of pyridine rings is 1. The van der Waals surface area contributed by atoms with Crippen molar-refractivity contribution in [3.05, 3.63) is 36.7 Å². The smallest absolute Gasteiger partial charge is 0.410 e. The van der Waals surface area contributed by atoms with Crippen LogP contribution in [0.2, 0.25) is 0 Å². The minimum Gasteiger partial charge on any atom is -0.444 e. The quantitative estimate of drug-likeness (QED) is 0.770. The molecule has 0 bridgehead atoms. The molecule has 3 heterocycles. The fraction of sp³-hybridized carbons (Fsp3) is 0.500. The SMILES string of the molecule is CC(C)(C)OC(=O)N1CCC2CN(S(=O)(=O)c3cccc4cnccc34)CC21. The van der Waals surface area contributed by atoms with Crippen LogP contribution < -0.4 is 0 Å². The molecule has 1 aromatic heterocycles. The summed E-state index contributed by atoms with van der Waals surface area (Å²) in [5, 5.41) is 1.46. The molecule has 0 N–H and O–H groups in total. The van der Waals surface area contributed by atoms with Gasteiger partial charge in [-0.1, -0.05) is 12.1 Å². The Morgan fingerprint density at radius 2 is 2.00 bits per heavy atom. The molecule has 8 heteroatoms. The molecule has 0 spiro atoms. The van der Waals surface area contributed by atoms with Gasteiger partial charge in [-0.25, -0.2) is 13.2 Å². The third-order valence-corrected chi connectivity index (χ3v) is 7.29. The highest BCUT2D eigenvalue weighted by atomic mass is 32.2. The van der Waals surface area contributed by atoms with E-state index in [0.29, 0.717) is 25.0 Å². The lowest BCUT2D eigenvalue weighted by Gasteiger charge is -2.28. The van der Waals surface area contributed by atoms with Crippen LogP contribution in [0.25, 0.3) is 10.8 Å². The van der Waals surface area contributed by atoms with E-state index in [9.17, 15) is 13.2 Å². The number of nitrogens with zero attached hydrogens (tertiary/aromatic N) is 3. The van der Waals surface area contributed by atoms with Crippen molar-refractivity contribution in [3.8, 4) is 0 Å². The van der Waals surface area contributed by atoms with Crippen molar-refractivity contribution < 1.29 is 17.9 Å². The molecule has 28 heavy (non-hydrogen) atoms. The number of carbonyl (C=O) groups excluding carboxylic acids is 1. The van der Waals surface area contributed by atoms with Crippen molar-refractivity contribution in [1.29, 1.82) is 0 Å². The Kier molecular flexibility index (Phi) is 4.58. The van der Waals surface area contributed by atoms with Crippen molar-refractivity contribution in [2.75, 3.05) is 19.6 Å². The third kappa shape index (κ3) is 3.35. The summed E-state index contributed by atoms with van der Waals surface area (Å²) in [7, 11) is -3.66. The summed E-state index contributed by atoms with van der Waals surface area (Å²) in [5.74, 6) is 0.138. The van der Waals surface area contributed by atoms with E-state index in [1.807, 2.05) is 26.8 Å². The van der Waals surface area contributed by atoms with Gasteiger partial charge in [-0.3, -0.25) is 4.98 Å². The maximum atomic E-state index is 13.4. The van der Waals surface area contributed by atoms with Gasteiger partial charge in [0.2, 0.25) is 10.0 Å². The number of hydrogen-bond donors (Lipinski definition) is 0. The number of carbonyl (C=O) groups is 1. The topological polar surface area (TPSA) is 79.8 Å². The van der Waals surface area contributed by atoms with Crippen molar-refractivity contribution in [1.82, 2.24) is 14.2 Å². The van der Waals surface area contributed by atoms with Gasteiger partial charge in [0.15, 0.2) is 0 Å². The Balaban J connectivity index is 1.59. The molecule has 2 unspecified atom stereocenters. The highest BCUT2D eigenvalue weighted by Gasteiger charge is 2.48. The number of fused-ring (bicyclic) bond motifs is 2. The maximum absolute atomic E-state index is 13.4. The van der Waals surface area contributed by atoms with Gasteiger partial charge in [-0.2, -0.15) is 4.31 Å². The number of amides is 1. The summed E-state index contributed by atoms with van der Waals surface area (Å²) in [4.78, 5) is 18.6. The molecule has 0 saturated carbocycles. The second kappa shape index (κ2) is 6.70. The van der Waals surface area contributed by atoms with Crippen molar-refractivity contribution in [2.45, 2.75) is 43.7 Å². The van der Waals surface area contributed by atoms with E-state index in [1.54, 1.807) is 35.5 Å². The summed E-state index contributed by atoms with van der Waals surface area (Å²) in [6, 6.07) is 6.82. The fourth-order valence-corrected chi connectivity index (χ4v) is 5.85. The van der Waals surface area contributed by atoms with Gasteiger partial charge in [0, 0.05) is 42.8 Å². The first kappa shape index (κ1) is 19.1. The molecule has 7 nitrogen and oxygen atoms in total. The summed E-state index contributed by atoms with van der Waals surface area (Å²) in [6.07, 6.45) is 3.69. The highest BCUT2D eigenvalue weighted by Crippen LogP contribution is 2.36. The minimum absolute atomic E-state index is 0.138. The number of aromatic nitrogens is 1. The summed E-state index contributed by atoms with van der Waals surface area (Å²) >= 11 is 0. The molecular weight excluding hydrogens is 378 g/mol. The third-order valence-electron chi connectivity index (χ3n) is 5.40. The highest BCUT2D eigenvalue weighted by molar-refractivity contribution is 7.89. The zero-order valence-electron chi connectivity index (χ0n) is 16.3. The van der Waals surface area contributed by atoms with Crippen LogP contribution in [0.3, 0.4) is 0 Å². The van der Waals surface area contributed by atoms with Gasteiger partial charge in [0.1, 0.15) is 5.60 Å². The molecule has 1 amide bonds. The van der Waals surface area contributed by atoms with Crippen LogP contribution in [0.1, 0.15) is 27.2 Å². The molecule has 4 rings (SSSR count). The van der Waals surface area contributed by atoms with E-state index in [0.717, 1.165) is 11.8 Å². The van der Waals surface area contributed by atoms with Gasteiger partial charge in [-0.05, 0) is 45.2 Å². The number of likely N-dealkylation sites (tertiary alicyclic amines) is 1. The monoisotopic (exact) mass is 403 g/mol. The standard InChI is InChI=1S/C20H25N3O4S/c1-20(2,3)27-19(24)23-10-8-15-12-22(13-17(15)23)28(25,26)18-6-4-5-14-11-21-9-7-16(14)18/h4-7,9,11,15,17H,8,10,12-13H2,1-3H3. The minimum atomic E-state index is -3.66. The normalized spacial score (nSPS) is 23.2. The molecule has 0 aliphatic carbocycles. The molecule has 150 valence electrons. The predicted octanol–water partition coefficient (Wildman–Crippen LogP) is 2.86. The molecule has 2 fully saturated rings. The van der Waals surface area contributed by atoms with Crippen LogP contribution in [0.5, 0.6) is 0 Å². The average molecular weight is 404 g/mol. The first-order valence-electron chi connectivity index (χ1n) is 9.49. The number of hydrogen-bond acceptors (Lipinski definition) is 5. The van der Waals surface area contributed by atoms with E-state index in [2.05, 4.69) is 4.98 Å². The van der Waals surface area contributed by atoms with Crippen LogP contribution >= 0.6 is 0 Å². The zero-order valence-corrected chi connectivity index (χ0v) is 17.1. The lowest BCUT2D eigenvalue weighted by molar-refractivity contribution is 0.0223. The van der Waals surface area contributed by atoms with Crippen molar-refractivity contribution >= 4 is 26.9 Å². The lowest BCUT2D eigenvalue weighted by Crippen LogP contribution is -2.43.